The number of anilines is 1. The summed E-state index contributed by atoms with van der Waals surface area (Å²) >= 11 is 0. The third kappa shape index (κ3) is 4.68. The Morgan fingerprint density at radius 2 is 1.68 bits per heavy atom. The summed E-state index contributed by atoms with van der Waals surface area (Å²) in [5, 5.41) is 2.84. The van der Waals surface area contributed by atoms with E-state index >= 15 is 0 Å². The normalized spacial score (nSPS) is 17.9. The van der Waals surface area contributed by atoms with Crippen LogP contribution in [0, 0.1) is 5.82 Å². The van der Waals surface area contributed by atoms with Crippen LogP contribution in [0.3, 0.4) is 0 Å². The second-order valence-electron chi connectivity index (χ2n) is 7.10. The van der Waals surface area contributed by atoms with Crippen LogP contribution in [-0.4, -0.2) is 54.8 Å². The van der Waals surface area contributed by atoms with Crippen LogP contribution < -0.4 is 16.0 Å². The maximum absolute atomic E-state index is 13.4. The summed E-state index contributed by atoms with van der Waals surface area (Å²) in [6.45, 7) is 1.54. The number of nitrogens with two attached hydrogens (primary N) is 1. The van der Waals surface area contributed by atoms with Crippen molar-refractivity contribution in [1.82, 2.24) is 10.2 Å². The molecule has 1 aliphatic heterocycles. The van der Waals surface area contributed by atoms with Crippen molar-refractivity contribution in [3.63, 3.8) is 0 Å². The zero-order valence-corrected chi connectivity index (χ0v) is 15.7. The molecule has 1 saturated heterocycles. The Morgan fingerprint density at radius 1 is 1.04 bits per heavy atom. The SMILES string of the molecule is NC(=O)c1cc(F)ccc1N1CCN(C(=O)C(=O)NC2CCC=CCC2)CC1. The fraction of sp³-hybridized carbons (Fsp3) is 0.450. The minimum atomic E-state index is -0.703. The lowest BCUT2D eigenvalue weighted by Crippen LogP contribution is -2.54. The summed E-state index contributed by atoms with van der Waals surface area (Å²) in [7, 11) is 0. The Bertz CT molecular complexity index is 778. The molecule has 3 amide bonds. The third-order valence-corrected chi connectivity index (χ3v) is 5.19. The lowest BCUT2D eigenvalue weighted by Gasteiger charge is -2.36. The van der Waals surface area contributed by atoms with Crippen molar-refractivity contribution >= 4 is 23.4 Å². The molecule has 0 spiro atoms. The fourth-order valence-corrected chi connectivity index (χ4v) is 3.64. The average Bonchev–Trinajstić information content (AvgIpc) is 2.96. The number of primary amides is 1. The van der Waals surface area contributed by atoms with E-state index in [1.807, 2.05) is 4.90 Å². The second-order valence-corrected chi connectivity index (χ2v) is 7.10. The van der Waals surface area contributed by atoms with E-state index in [0.29, 0.717) is 31.9 Å². The quantitative estimate of drug-likeness (QED) is 0.601. The number of piperazine rings is 1. The van der Waals surface area contributed by atoms with Crippen LogP contribution in [0.25, 0.3) is 0 Å². The van der Waals surface area contributed by atoms with Gasteiger partial charge in [0.05, 0.1) is 5.56 Å². The molecule has 0 atom stereocenters. The summed E-state index contributed by atoms with van der Waals surface area (Å²) in [6.07, 6.45) is 7.68. The molecule has 1 heterocycles. The second kappa shape index (κ2) is 8.86. The molecule has 1 aromatic rings. The van der Waals surface area contributed by atoms with Gasteiger partial charge in [0.1, 0.15) is 5.82 Å². The van der Waals surface area contributed by atoms with E-state index in [4.69, 9.17) is 5.73 Å². The van der Waals surface area contributed by atoms with E-state index in [9.17, 15) is 18.8 Å². The highest BCUT2D eigenvalue weighted by molar-refractivity contribution is 6.35. The molecule has 2 aliphatic rings. The number of allylic oxidation sites excluding steroid dienone is 2. The standard InChI is InChI=1S/C20H25FN4O3/c21-14-7-8-17(16(13-14)18(22)26)24-9-11-25(12-10-24)20(28)19(27)23-15-5-3-1-2-4-6-15/h1-2,7-8,13,15H,3-6,9-12H2,(H2,22,26)(H,23,27). The number of carbonyl (C=O) groups excluding carboxylic acids is 3. The van der Waals surface area contributed by atoms with E-state index in [-0.39, 0.29) is 11.6 Å². The van der Waals surface area contributed by atoms with E-state index in [2.05, 4.69) is 17.5 Å². The lowest BCUT2D eigenvalue weighted by molar-refractivity contribution is -0.146. The van der Waals surface area contributed by atoms with Gasteiger partial charge in [0.2, 0.25) is 0 Å². The number of amides is 3. The summed E-state index contributed by atoms with van der Waals surface area (Å²) in [5.41, 5.74) is 6.00. The number of hydrogen-bond donors (Lipinski definition) is 2. The molecule has 0 bridgehead atoms. The Labute approximate surface area is 163 Å². The lowest BCUT2D eigenvalue weighted by atomic mass is 10.1. The first-order chi connectivity index (χ1) is 13.5. The van der Waals surface area contributed by atoms with Crippen LogP contribution in [0.1, 0.15) is 36.0 Å². The first kappa shape index (κ1) is 19.9. The summed E-state index contributed by atoms with van der Waals surface area (Å²) in [4.78, 5) is 39.8. The Balaban J connectivity index is 1.57. The summed E-state index contributed by atoms with van der Waals surface area (Å²) in [6, 6.07) is 3.92. The molecule has 1 fully saturated rings. The van der Waals surface area contributed by atoms with Gasteiger partial charge < -0.3 is 20.9 Å². The molecular weight excluding hydrogens is 363 g/mol. The van der Waals surface area contributed by atoms with E-state index < -0.39 is 23.5 Å². The van der Waals surface area contributed by atoms with Crippen LogP contribution in [0.4, 0.5) is 10.1 Å². The van der Waals surface area contributed by atoms with Gasteiger partial charge in [-0.25, -0.2) is 4.39 Å². The molecule has 0 unspecified atom stereocenters. The predicted octanol–water partition coefficient (Wildman–Crippen LogP) is 1.19. The highest BCUT2D eigenvalue weighted by atomic mass is 19.1. The summed E-state index contributed by atoms with van der Waals surface area (Å²) in [5.74, 6) is -2.34. The molecular formula is C20H25FN4O3. The predicted molar refractivity (Wildman–Crippen MR) is 103 cm³/mol. The van der Waals surface area contributed by atoms with Crippen molar-refractivity contribution in [1.29, 1.82) is 0 Å². The minimum absolute atomic E-state index is 0.0186. The van der Waals surface area contributed by atoms with Crippen LogP contribution in [0.2, 0.25) is 0 Å². The van der Waals surface area contributed by atoms with Gasteiger partial charge >= 0.3 is 11.8 Å². The van der Waals surface area contributed by atoms with Crippen molar-refractivity contribution in [3.8, 4) is 0 Å². The van der Waals surface area contributed by atoms with E-state index in [1.54, 1.807) is 0 Å². The molecule has 0 aromatic heterocycles. The number of rotatable bonds is 3. The van der Waals surface area contributed by atoms with Crippen LogP contribution in [0.5, 0.6) is 0 Å². The molecule has 1 aromatic carbocycles. The highest BCUT2D eigenvalue weighted by Crippen LogP contribution is 2.23. The topological polar surface area (TPSA) is 95.7 Å². The first-order valence-electron chi connectivity index (χ1n) is 9.55. The molecule has 3 N–H and O–H groups in total. The van der Waals surface area contributed by atoms with Crippen LogP contribution in [0.15, 0.2) is 30.4 Å². The maximum Gasteiger partial charge on any atom is 0.312 e. The van der Waals surface area contributed by atoms with Crippen molar-refractivity contribution < 1.29 is 18.8 Å². The van der Waals surface area contributed by atoms with Gasteiger partial charge in [-0.3, -0.25) is 14.4 Å². The highest BCUT2D eigenvalue weighted by Gasteiger charge is 2.28. The number of nitrogens with zero attached hydrogens (tertiary/aromatic N) is 2. The van der Waals surface area contributed by atoms with Crippen molar-refractivity contribution in [2.75, 3.05) is 31.1 Å². The fourth-order valence-electron chi connectivity index (χ4n) is 3.64. The molecule has 3 rings (SSSR count). The number of benzene rings is 1. The molecule has 1 aliphatic carbocycles. The number of hydrogen-bond acceptors (Lipinski definition) is 4. The zero-order chi connectivity index (χ0) is 20.1. The van der Waals surface area contributed by atoms with Crippen molar-refractivity contribution in [2.24, 2.45) is 5.73 Å². The molecule has 150 valence electrons. The average molecular weight is 388 g/mol. The minimum Gasteiger partial charge on any atom is -0.367 e. The maximum atomic E-state index is 13.4. The van der Waals surface area contributed by atoms with Gasteiger partial charge in [-0.1, -0.05) is 12.2 Å². The van der Waals surface area contributed by atoms with Gasteiger partial charge in [0.25, 0.3) is 5.91 Å². The smallest absolute Gasteiger partial charge is 0.312 e. The summed E-state index contributed by atoms with van der Waals surface area (Å²) < 4.78 is 13.4. The monoisotopic (exact) mass is 388 g/mol. The van der Waals surface area contributed by atoms with Gasteiger partial charge in [-0.2, -0.15) is 0 Å². The number of halogens is 1. The Hall–Kier alpha value is -2.90. The molecule has 8 heteroatoms. The molecule has 7 nitrogen and oxygen atoms in total. The van der Waals surface area contributed by atoms with Gasteiger partial charge in [0.15, 0.2) is 0 Å². The van der Waals surface area contributed by atoms with Crippen molar-refractivity contribution in [2.45, 2.75) is 31.7 Å². The van der Waals surface area contributed by atoms with Crippen LogP contribution >= 0.6 is 0 Å². The Kier molecular flexibility index (Phi) is 6.28. The van der Waals surface area contributed by atoms with Crippen LogP contribution in [-0.2, 0) is 9.59 Å². The molecule has 0 saturated carbocycles. The number of nitrogens with one attached hydrogen (secondary N) is 1. The number of carbonyl (C=O) groups is 3. The third-order valence-electron chi connectivity index (χ3n) is 5.19. The Morgan fingerprint density at radius 3 is 2.29 bits per heavy atom. The van der Waals surface area contributed by atoms with Gasteiger partial charge in [-0.05, 0) is 43.9 Å². The van der Waals surface area contributed by atoms with E-state index in [0.717, 1.165) is 31.7 Å². The van der Waals surface area contributed by atoms with Crippen molar-refractivity contribution in [3.05, 3.63) is 41.7 Å². The molecule has 28 heavy (non-hydrogen) atoms. The van der Waals surface area contributed by atoms with Gasteiger partial charge in [-0.15, -0.1) is 0 Å². The van der Waals surface area contributed by atoms with E-state index in [1.165, 1.54) is 17.0 Å². The molecule has 0 radical (unpaired) electrons. The largest absolute Gasteiger partial charge is 0.367 e. The first-order valence-corrected chi connectivity index (χ1v) is 9.55. The van der Waals surface area contributed by atoms with Gasteiger partial charge in [0, 0.05) is 37.9 Å². The zero-order valence-electron chi connectivity index (χ0n) is 15.7.